The average Bonchev–Trinajstić information content (AvgIpc) is 2.29. The van der Waals surface area contributed by atoms with Gasteiger partial charge in [0.25, 0.3) is 6.04 Å². The molecule has 0 amide bonds. The minimum Gasteiger partial charge on any atom is -0.481 e. The number of rotatable bonds is 6. The van der Waals surface area contributed by atoms with Crippen LogP contribution in [0.15, 0.2) is 24.3 Å². The van der Waals surface area contributed by atoms with Crippen molar-refractivity contribution >= 4 is 5.97 Å². The quantitative estimate of drug-likeness (QED) is 0.485. The van der Waals surface area contributed by atoms with Crippen LogP contribution in [-0.4, -0.2) is 38.9 Å². The number of carboxylic acids is 1. The largest absolute Gasteiger partial charge is 0.481 e. The number of nitrogens with zero attached hydrogens (tertiary/aromatic N) is 1. The molecule has 1 rings (SSSR count). The average molecular weight is 255 g/mol. The second-order valence-electron chi connectivity index (χ2n) is 3.79. The zero-order valence-corrected chi connectivity index (χ0v) is 9.39. The second-order valence-corrected chi connectivity index (χ2v) is 3.79. The molecular weight excluding hydrogens is 242 g/mol. The lowest BCUT2D eigenvalue weighted by atomic mass is 10.0. The Morgan fingerprint density at radius 1 is 1.33 bits per heavy atom. The third-order valence-electron chi connectivity index (χ3n) is 2.50. The van der Waals surface area contributed by atoms with Crippen molar-refractivity contribution in [1.29, 1.82) is 0 Å². The van der Waals surface area contributed by atoms with Gasteiger partial charge in [-0.1, -0.05) is 24.3 Å². The van der Waals surface area contributed by atoms with Crippen LogP contribution in [0.4, 0.5) is 0 Å². The molecule has 0 saturated heterocycles. The number of aliphatic carboxylic acids is 1. The molecule has 0 aliphatic carbocycles. The van der Waals surface area contributed by atoms with Crippen molar-refractivity contribution in [3.8, 4) is 0 Å². The highest BCUT2D eigenvalue weighted by molar-refractivity contribution is 5.70. The Bertz CT molecular complexity index is 430. The number of nitro groups is 1. The van der Waals surface area contributed by atoms with Gasteiger partial charge < -0.3 is 15.3 Å². The third kappa shape index (κ3) is 3.51. The zero-order chi connectivity index (χ0) is 13.7. The van der Waals surface area contributed by atoms with Crippen LogP contribution in [0.1, 0.15) is 17.2 Å². The maximum Gasteiger partial charge on any atom is 0.307 e. The van der Waals surface area contributed by atoms with Crippen molar-refractivity contribution in [3.63, 3.8) is 0 Å². The van der Waals surface area contributed by atoms with Gasteiger partial charge in [-0.3, -0.25) is 14.9 Å². The highest BCUT2D eigenvalue weighted by Gasteiger charge is 2.30. The number of benzene rings is 1. The van der Waals surface area contributed by atoms with Gasteiger partial charge in [0.05, 0.1) is 6.42 Å². The van der Waals surface area contributed by atoms with Gasteiger partial charge >= 0.3 is 5.97 Å². The summed E-state index contributed by atoms with van der Waals surface area (Å²) >= 11 is 0. The highest BCUT2D eigenvalue weighted by atomic mass is 16.6. The van der Waals surface area contributed by atoms with Crippen LogP contribution < -0.4 is 0 Å². The molecule has 0 radical (unpaired) electrons. The maximum absolute atomic E-state index is 10.6. The van der Waals surface area contributed by atoms with Crippen LogP contribution in [0.3, 0.4) is 0 Å². The molecule has 1 aromatic carbocycles. The Kier molecular flexibility index (Phi) is 4.75. The minimum atomic E-state index is -1.49. The summed E-state index contributed by atoms with van der Waals surface area (Å²) in [6, 6.07) is 4.28. The van der Waals surface area contributed by atoms with E-state index < -0.39 is 29.6 Å². The van der Waals surface area contributed by atoms with Gasteiger partial charge in [-0.25, -0.2) is 0 Å². The van der Waals surface area contributed by atoms with E-state index in [1.807, 2.05) is 0 Å². The lowest BCUT2D eigenvalue weighted by molar-refractivity contribution is -0.539. The molecular formula is C11H13NO6. The molecule has 7 nitrogen and oxygen atoms in total. The molecule has 3 N–H and O–H groups in total. The normalized spacial score (nSPS) is 13.9. The summed E-state index contributed by atoms with van der Waals surface area (Å²) in [6.07, 6.45) is -1.58. The molecule has 0 fully saturated rings. The first-order valence-corrected chi connectivity index (χ1v) is 5.18. The number of hydrogen-bond acceptors (Lipinski definition) is 5. The van der Waals surface area contributed by atoms with Gasteiger partial charge in [-0.15, -0.1) is 0 Å². The van der Waals surface area contributed by atoms with E-state index in [-0.39, 0.29) is 12.0 Å². The first kappa shape index (κ1) is 14.1. The van der Waals surface area contributed by atoms with Gasteiger partial charge in [-0.2, -0.15) is 0 Å². The molecule has 0 heterocycles. The van der Waals surface area contributed by atoms with Gasteiger partial charge in [-0.05, 0) is 11.1 Å². The summed E-state index contributed by atoms with van der Waals surface area (Å²) in [5, 5.41) is 37.7. The van der Waals surface area contributed by atoms with E-state index in [2.05, 4.69) is 0 Å². The van der Waals surface area contributed by atoms with Crippen molar-refractivity contribution in [2.45, 2.75) is 18.6 Å². The van der Waals surface area contributed by atoms with Crippen LogP contribution in [0.25, 0.3) is 0 Å². The number of hydrogen-bond donors (Lipinski definition) is 3. The van der Waals surface area contributed by atoms with E-state index in [9.17, 15) is 20.0 Å². The second kappa shape index (κ2) is 6.08. The fourth-order valence-electron chi connectivity index (χ4n) is 1.51. The molecule has 0 aromatic heterocycles. The Morgan fingerprint density at radius 3 is 2.28 bits per heavy atom. The molecule has 0 spiro atoms. The smallest absolute Gasteiger partial charge is 0.307 e. The molecule has 1 aromatic rings. The first-order valence-electron chi connectivity index (χ1n) is 5.18. The summed E-state index contributed by atoms with van der Waals surface area (Å²) in [6.45, 7) is -0.773. The Labute approximate surface area is 102 Å². The predicted octanol–water partition coefficient (Wildman–Crippen LogP) is -0.0153. The molecule has 0 bridgehead atoms. The Balaban J connectivity index is 2.84. The maximum atomic E-state index is 10.6. The number of aliphatic hydroxyl groups excluding tert-OH is 2. The van der Waals surface area contributed by atoms with Gasteiger partial charge in [0.1, 0.15) is 12.7 Å². The predicted molar refractivity (Wildman–Crippen MR) is 60.6 cm³/mol. The fourth-order valence-corrected chi connectivity index (χ4v) is 1.51. The van der Waals surface area contributed by atoms with Crippen molar-refractivity contribution in [3.05, 3.63) is 45.5 Å². The van der Waals surface area contributed by atoms with E-state index in [1.165, 1.54) is 24.3 Å². The Hall–Kier alpha value is -1.99. The number of carbonyl (C=O) groups is 1. The van der Waals surface area contributed by atoms with E-state index in [4.69, 9.17) is 10.2 Å². The molecule has 0 saturated carbocycles. The van der Waals surface area contributed by atoms with E-state index in [1.54, 1.807) is 0 Å². The lowest BCUT2D eigenvalue weighted by Gasteiger charge is -2.14. The summed E-state index contributed by atoms with van der Waals surface area (Å²) in [7, 11) is 0. The fraction of sp³-hybridized carbons (Fsp3) is 0.364. The summed E-state index contributed by atoms with van der Waals surface area (Å²) in [4.78, 5) is 20.3. The van der Waals surface area contributed by atoms with Crippen LogP contribution in [-0.2, 0) is 11.2 Å². The van der Waals surface area contributed by atoms with Crippen molar-refractivity contribution in [1.82, 2.24) is 0 Å². The van der Waals surface area contributed by atoms with Crippen LogP contribution >= 0.6 is 0 Å². The molecule has 0 aliphatic rings. The molecule has 98 valence electrons. The van der Waals surface area contributed by atoms with Crippen molar-refractivity contribution in [2.24, 2.45) is 0 Å². The standard InChI is InChI=1S/C11H13NO6/c13-6-9(12(17)18)11(16)8-3-1-7(2-4-8)5-10(14)15/h1-4,9,11,13,16H,5-6H2,(H,14,15)/t9-,11-/m1/s1. The molecule has 7 heteroatoms. The van der Waals surface area contributed by atoms with Crippen LogP contribution in [0.2, 0.25) is 0 Å². The molecule has 18 heavy (non-hydrogen) atoms. The van der Waals surface area contributed by atoms with Crippen molar-refractivity contribution < 1.29 is 25.0 Å². The van der Waals surface area contributed by atoms with E-state index in [0.29, 0.717) is 5.56 Å². The van der Waals surface area contributed by atoms with Crippen LogP contribution in [0.5, 0.6) is 0 Å². The number of aliphatic hydroxyl groups is 2. The van der Waals surface area contributed by atoms with Gasteiger partial charge in [0.2, 0.25) is 0 Å². The summed E-state index contributed by atoms with van der Waals surface area (Å²) < 4.78 is 0. The van der Waals surface area contributed by atoms with Gasteiger partial charge in [0.15, 0.2) is 0 Å². The van der Waals surface area contributed by atoms with Gasteiger partial charge in [0, 0.05) is 4.92 Å². The van der Waals surface area contributed by atoms with Crippen molar-refractivity contribution in [2.75, 3.05) is 6.61 Å². The topological polar surface area (TPSA) is 121 Å². The third-order valence-corrected chi connectivity index (χ3v) is 2.50. The van der Waals surface area contributed by atoms with E-state index >= 15 is 0 Å². The highest BCUT2D eigenvalue weighted by Crippen LogP contribution is 2.19. The summed E-state index contributed by atoms with van der Waals surface area (Å²) in [5.41, 5.74) is 0.792. The first-order chi connectivity index (χ1) is 8.45. The zero-order valence-electron chi connectivity index (χ0n) is 9.39. The van der Waals surface area contributed by atoms with Crippen LogP contribution in [0, 0.1) is 10.1 Å². The SMILES string of the molecule is O=C(O)Cc1ccc([C@@H](O)[C@@H](CO)[N+](=O)[O-])cc1. The summed E-state index contributed by atoms with van der Waals surface area (Å²) in [5.74, 6) is -0.984. The molecule has 2 atom stereocenters. The van der Waals surface area contributed by atoms with E-state index in [0.717, 1.165) is 0 Å². The lowest BCUT2D eigenvalue weighted by Crippen LogP contribution is -2.31. The minimum absolute atomic E-state index is 0.158. The monoisotopic (exact) mass is 255 g/mol. The molecule has 0 aliphatic heterocycles. The Morgan fingerprint density at radius 2 is 1.89 bits per heavy atom. The molecule has 0 unspecified atom stereocenters. The number of carboxylic acid groups (broad SMARTS) is 1.